The van der Waals surface area contributed by atoms with Gasteiger partial charge in [-0.3, -0.25) is 4.79 Å². The smallest absolute Gasteiger partial charge is 0.356 e. The van der Waals surface area contributed by atoms with Crippen LogP contribution in [0.25, 0.3) is 22.2 Å². The minimum Gasteiger partial charge on any atom is -0.356 e. The molecule has 34 heavy (non-hydrogen) atoms. The van der Waals surface area contributed by atoms with Crippen LogP contribution in [-0.2, 0) is 12.7 Å². The second kappa shape index (κ2) is 8.94. The Kier molecular flexibility index (Phi) is 5.82. The molecular formula is C24H23F3N6O. The molecule has 1 fully saturated rings. The van der Waals surface area contributed by atoms with Gasteiger partial charge < -0.3 is 20.2 Å². The van der Waals surface area contributed by atoms with Gasteiger partial charge >= 0.3 is 6.18 Å². The van der Waals surface area contributed by atoms with E-state index in [0.717, 1.165) is 31.1 Å². The molecule has 1 atom stereocenters. The molecule has 1 aliphatic heterocycles. The van der Waals surface area contributed by atoms with Gasteiger partial charge in [-0.2, -0.15) is 13.2 Å². The molecule has 0 amide bonds. The van der Waals surface area contributed by atoms with Crippen molar-refractivity contribution >= 4 is 16.9 Å². The van der Waals surface area contributed by atoms with Crippen LogP contribution in [0.5, 0.6) is 0 Å². The third kappa shape index (κ3) is 4.41. The largest absolute Gasteiger partial charge is 0.419 e. The Balaban J connectivity index is 1.55. The predicted molar refractivity (Wildman–Crippen MR) is 124 cm³/mol. The molecule has 0 spiro atoms. The van der Waals surface area contributed by atoms with Crippen molar-refractivity contribution in [1.82, 2.24) is 24.8 Å². The van der Waals surface area contributed by atoms with E-state index in [4.69, 9.17) is 0 Å². The normalized spacial score (nSPS) is 16.6. The molecule has 10 heteroatoms. The van der Waals surface area contributed by atoms with Crippen LogP contribution in [0.2, 0.25) is 0 Å². The lowest BCUT2D eigenvalue weighted by molar-refractivity contribution is -0.137. The number of aromatic nitrogens is 4. The van der Waals surface area contributed by atoms with Crippen molar-refractivity contribution in [1.29, 1.82) is 0 Å². The van der Waals surface area contributed by atoms with Crippen molar-refractivity contribution in [3.63, 3.8) is 0 Å². The minimum atomic E-state index is -4.65. The van der Waals surface area contributed by atoms with E-state index in [1.54, 1.807) is 12.3 Å². The third-order valence-corrected chi connectivity index (χ3v) is 5.99. The number of benzene rings is 1. The Morgan fingerprint density at radius 2 is 2.00 bits per heavy atom. The van der Waals surface area contributed by atoms with Crippen molar-refractivity contribution in [2.75, 3.05) is 18.4 Å². The number of H-pyrrole nitrogens is 1. The van der Waals surface area contributed by atoms with Crippen LogP contribution < -0.4 is 16.2 Å². The molecule has 3 aromatic heterocycles. The topological polar surface area (TPSA) is 87.6 Å². The highest BCUT2D eigenvalue weighted by atomic mass is 19.4. The molecule has 0 aliphatic carbocycles. The van der Waals surface area contributed by atoms with Gasteiger partial charge in [-0.05, 0) is 31.0 Å². The molecule has 1 saturated heterocycles. The molecule has 4 heterocycles. The Morgan fingerprint density at radius 1 is 1.18 bits per heavy atom. The first-order chi connectivity index (χ1) is 16.4. The Morgan fingerprint density at radius 3 is 2.74 bits per heavy atom. The number of nitrogens with zero attached hydrogens (tertiary/aromatic N) is 3. The van der Waals surface area contributed by atoms with Crippen LogP contribution in [0, 0.1) is 0 Å². The first kappa shape index (κ1) is 22.1. The number of pyridine rings is 1. The lowest BCUT2D eigenvalue weighted by atomic mass is 10.1. The van der Waals surface area contributed by atoms with E-state index in [1.165, 1.54) is 10.8 Å². The van der Waals surface area contributed by atoms with Crippen LogP contribution in [0.4, 0.5) is 19.1 Å². The molecule has 0 bridgehead atoms. The highest BCUT2D eigenvalue weighted by Gasteiger charge is 2.36. The summed E-state index contributed by atoms with van der Waals surface area (Å²) in [6.45, 7) is 1.96. The maximum atomic E-state index is 13.8. The number of aromatic amines is 1. The van der Waals surface area contributed by atoms with Gasteiger partial charge in [-0.1, -0.05) is 30.3 Å². The summed E-state index contributed by atoms with van der Waals surface area (Å²) < 4.78 is 43.0. The predicted octanol–water partition coefficient (Wildman–Crippen LogP) is 4.02. The summed E-state index contributed by atoms with van der Waals surface area (Å²) in [7, 11) is 0. The van der Waals surface area contributed by atoms with E-state index >= 15 is 0 Å². The Hall–Kier alpha value is -3.66. The van der Waals surface area contributed by atoms with Crippen LogP contribution in [-0.4, -0.2) is 38.7 Å². The molecule has 3 N–H and O–H groups in total. The molecule has 5 rings (SSSR count). The maximum absolute atomic E-state index is 13.8. The van der Waals surface area contributed by atoms with Crippen LogP contribution >= 0.6 is 0 Å². The molecule has 0 saturated carbocycles. The first-order valence-electron chi connectivity index (χ1n) is 11.1. The van der Waals surface area contributed by atoms with Crippen molar-refractivity contribution in [2.45, 2.75) is 31.6 Å². The number of nitrogens with one attached hydrogen (secondary N) is 3. The molecule has 1 aromatic carbocycles. The van der Waals surface area contributed by atoms with Gasteiger partial charge in [0.2, 0.25) is 5.95 Å². The van der Waals surface area contributed by atoms with Gasteiger partial charge in [0.15, 0.2) is 0 Å². The number of anilines is 1. The summed E-state index contributed by atoms with van der Waals surface area (Å²) in [6, 6.07) is 11.1. The van der Waals surface area contributed by atoms with Crippen molar-refractivity contribution in [3.05, 3.63) is 76.5 Å². The average molecular weight is 468 g/mol. The van der Waals surface area contributed by atoms with Crippen LogP contribution in [0.1, 0.15) is 24.0 Å². The number of piperidine rings is 1. The second-order valence-electron chi connectivity index (χ2n) is 8.37. The number of fused-ring (bicyclic) bond motifs is 1. The van der Waals surface area contributed by atoms with Gasteiger partial charge in [0, 0.05) is 42.1 Å². The van der Waals surface area contributed by atoms with Gasteiger partial charge in [0.05, 0.1) is 12.2 Å². The van der Waals surface area contributed by atoms with E-state index in [0.29, 0.717) is 18.5 Å². The van der Waals surface area contributed by atoms with E-state index in [2.05, 4.69) is 25.6 Å². The van der Waals surface area contributed by atoms with Gasteiger partial charge in [-0.15, -0.1) is 0 Å². The number of hydrogen-bond donors (Lipinski definition) is 3. The molecule has 0 radical (unpaired) electrons. The van der Waals surface area contributed by atoms with Crippen LogP contribution in [0.15, 0.2) is 59.8 Å². The summed E-state index contributed by atoms with van der Waals surface area (Å²) in [5.41, 5.74) is -0.153. The fourth-order valence-electron chi connectivity index (χ4n) is 4.28. The maximum Gasteiger partial charge on any atom is 0.419 e. The molecule has 7 nitrogen and oxygen atoms in total. The highest BCUT2D eigenvalue weighted by molar-refractivity contribution is 5.95. The number of hydrogen-bond acceptors (Lipinski definition) is 5. The van der Waals surface area contributed by atoms with E-state index in [1.807, 2.05) is 30.3 Å². The average Bonchev–Trinajstić information content (AvgIpc) is 3.26. The zero-order valence-electron chi connectivity index (χ0n) is 18.2. The van der Waals surface area contributed by atoms with Gasteiger partial charge in [-0.25, -0.2) is 9.97 Å². The van der Waals surface area contributed by atoms with E-state index < -0.39 is 11.7 Å². The van der Waals surface area contributed by atoms with Gasteiger partial charge in [0.25, 0.3) is 5.56 Å². The number of rotatable bonds is 5. The summed E-state index contributed by atoms with van der Waals surface area (Å²) in [4.78, 5) is 24.1. The van der Waals surface area contributed by atoms with Gasteiger partial charge in [0.1, 0.15) is 11.1 Å². The van der Waals surface area contributed by atoms with Crippen molar-refractivity contribution in [3.8, 4) is 11.3 Å². The third-order valence-electron chi connectivity index (χ3n) is 5.99. The molecule has 4 aromatic rings. The second-order valence-corrected chi connectivity index (χ2v) is 8.37. The molecule has 0 unspecified atom stereocenters. The summed E-state index contributed by atoms with van der Waals surface area (Å²) in [5.74, 6) is 0.128. The fraction of sp³-hybridized carbons (Fsp3) is 0.292. The Labute approximate surface area is 193 Å². The number of alkyl halides is 3. The first-order valence-corrected chi connectivity index (χ1v) is 11.1. The van der Waals surface area contributed by atoms with E-state index in [9.17, 15) is 18.0 Å². The lowest BCUT2D eigenvalue weighted by Crippen LogP contribution is -2.38. The number of halogens is 3. The Bertz CT molecular complexity index is 1360. The zero-order valence-corrected chi connectivity index (χ0v) is 18.2. The van der Waals surface area contributed by atoms with E-state index in [-0.39, 0.29) is 34.3 Å². The lowest BCUT2D eigenvalue weighted by Gasteiger charge is -2.24. The molecular weight excluding hydrogens is 445 g/mol. The SMILES string of the molecule is O=c1c2[nH]cc(-c3nc(N[C@H]4CCCNC4)ncc3C(F)(F)F)c2ccn1Cc1ccccc1. The quantitative estimate of drug-likeness (QED) is 0.412. The molecule has 176 valence electrons. The molecule has 1 aliphatic rings. The minimum absolute atomic E-state index is 0.0338. The highest BCUT2D eigenvalue weighted by Crippen LogP contribution is 2.38. The van der Waals surface area contributed by atoms with Crippen LogP contribution in [0.3, 0.4) is 0 Å². The summed E-state index contributed by atoms with van der Waals surface area (Å²) in [6.07, 6.45) is 0.991. The summed E-state index contributed by atoms with van der Waals surface area (Å²) in [5, 5.41) is 6.75. The monoisotopic (exact) mass is 468 g/mol. The standard InChI is InChI=1S/C24H23F3N6O/c25-24(26,27)19-13-30-23(31-16-7-4-9-28-11-16)32-20(19)18-12-29-21-17(18)8-10-33(22(21)34)14-15-5-2-1-3-6-15/h1-3,5-6,8,10,12-13,16,28-29H,4,7,9,11,14H2,(H,30,31,32)/t16-/m0/s1. The van der Waals surface area contributed by atoms with Crippen molar-refractivity contribution < 1.29 is 13.2 Å². The fourth-order valence-corrected chi connectivity index (χ4v) is 4.28. The van der Waals surface area contributed by atoms with Crippen molar-refractivity contribution in [2.24, 2.45) is 0 Å². The summed E-state index contributed by atoms with van der Waals surface area (Å²) >= 11 is 0. The zero-order chi connectivity index (χ0) is 23.7.